The fourth-order valence-corrected chi connectivity index (χ4v) is 4.47. The molecule has 1 unspecified atom stereocenters. The number of halogens is 3. The Balaban J connectivity index is 1.95. The van der Waals surface area contributed by atoms with Gasteiger partial charge < -0.3 is 10.0 Å². The lowest BCUT2D eigenvalue weighted by molar-refractivity contribution is -0.149. The summed E-state index contributed by atoms with van der Waals surface area (Å²) in [5, 5.41) is 10.2. The monoisotopic (exact) mass is 470 g/mol. The van der Waals surface area contributed by atoms with Crippen molar-refractivity contribution in [2.24, 2.45) is 5.92 Å². The number of nitrogens with one attached hydrogen (secondary N) is 1. The molecule has 3 rings (SSSR count). The molecular weight excluding hydrogens is 445 g/mol. The zero-order chi connectivity index (χ0) is 23.6. The second-order valence-corrected chi connectivity index (χ2v) is 9.20. The molecule has 1 fully saturated rings. The first-order chi connectivity index (χ1) is 15.0. The summed E-state index contributed by atoms with van der Waals surface area (Å²) >= 11 is -2.25. The number of aliphatic hydroxyl groups is 1. The number of carbonyl (C=O) groups excluding carboxylic acids is 1. The van der Waals surface area contributed by atoms with Gasteiger partial charge in [-0.2, -0.15) is 0 Å². The number of carbonyl (C=O) groups is 1. The first-order valence-electron chi connectivity index (χ1n) is 10.1. The van der Waals surface area contributed by atoms with Gasteiger partial charge in [-0.3, -0.25) is 9.35 Å². The van der Waals surface area contributed by atoms with E-state index < -0.39 is 46.3 Å². The van der Waals surface area contributed by atoms with Crippen LogP contribution < -0.4 is 4.72 Å². The predicted molar refractivity (Wildman–Crippen MR) is 114 cm³/mol. The number of nitrogens with zero attached hydrogens (tertiary/aromatic N) is 1. The van der Waals surface area contributed by atoms with Gasteiger partial charge in [-0.05, 0) is 55.9 Å². The highest BCUT2D eigenvalue weighted by Crippen LogP contribution is 2.32. The number of likely N-dealkylation sites (tertiary alicyclic amines) is 1. The summed E-state index contributed by atoms with van der Waals surface area (Å²) in [5.74, 6) is -3.13. The van der Waals surface area contributed by atoms with Crippen LogP contribution in [0.2, 0.25) is 0 Å². The first-order valence-corrected chi connectivity index (χ1v) is 11.2. The molecule has 0 radical (unpaired) electrons. The van der Waals surface area contributed by atoms with E-state index in [1.807, 2.05) is 0 Å². The lowest BCUT2D eigenvalue weighted by Crippen LogP contribution is -2.50. The Kier molecular flexibility index (Phi) is 7.39. The Morgan fingerprint density at radius 3 is 2.47 bits per heavy atom. The van der Waals surface area contributed by atoms with E-state index in [1.54, 1.807) is 6.07 Å². The Labute approximate surface area is 186 Å². The number of hydrogen-bond donors (Lipinski definition) is 3. The maximum absolute atomic E-state index is 15.4. The number of amides is 1. The van der Waals surface area contributed by atoms with Crippen molar-refractivity contribution in [2.45, 2.75) is 38.3 Å². The predicted octanol–water partition coefficient (Wildman–Crippen LogP) is 3.03. The van der Waals surface area contributed by atoms with Crippen molar-refractivity contribution in [1.29, 1.82) is 0 Å². The molecule has 0 saturated carbocycles. The van der Waals surface area contributed by atoms with Crippen LogP contribution in [0.4, 0.5) is 13.2 Å². The second-order valence-electron chi connectivity index (χ2n) is 8.41. The molecule has 1 amide bonds. The SMILES string of the molecule is CC(C)(O)C(=O)N1CC[C@@H](CNS(=O)O)[C@@H]1Cc1cccc(-c2cc(F)cc(F)c2)c1F. The van der Waals surface area contributed by atoms with Gasteiger partial charge in [0, 0.05) is 30.8 Å². The molecule has 2 aromatic rings. The molecule has 174 valence electrons. The number of hydrogen-bond acceptors (Lipinski definition) is 3. The van der Waals surface area contributed by atoms with Crippen LogP contribution in [0, 0.1) is 23.4 Å². The molecule has 32 heavy (non-hydrogen) atoms. The van der Waals surface area contributed by atoms with Crippen LogP contribution in [-0.4, -0.2) is 49.4 Å². The van der Waals surface area contributed by atoms with Gasteiger partial charge in [0.15, 0.2) is 0 Å². The summed E-state index contributed by atoms with van der Waals surface area (Å²) in [6.07, 6.45) is 0.552. The summed E-state index contributed by atoms with van der Waals surface area (Å²) < 4.78 is 65.2. The fraction of sp³-hybridized carbons (Fsp3) is 0.409. The van der Waals surface area contributed by atoms with Gasteiger partial charge in [-0.1, -0.05) is 18.2 Å². The van der Waals surface area contributed by atoms with Crippen LogP contribution in [-0.2, 0) is 22.5 Å². The Hall–Kier alpha value is -2.27. The van der Waals surface area contributed by atoms with Gasteiger partial charge in [0.2, 0.25) is 11.3 Å². The molecule has 3 atom stereocenters. The van der Waals surface area contributed by atoms with Crippen LogP contribution in [0.1, 0.15) is 25.8 Å². The molecule has 2 aromatic carbocycles. The molecule has 1 heterocycles. The zero-order valence-electron chi connectivity index (χ0n) is 17.6. The van der Waals surface area contributed by atoms with E-state index in [4.69, 9.17) is 4.55 Å². The van der Waals surface area contributed by atoms with Crippen LogP contribution >= 0.6 is 0 Å². The second kappa shape index (κ2) is 9.70. The molecule has 1 aliphatic rings. The van der Waals surface area contributed by atoms with E-state index in [0.717, 1.165) is 12.1 Å². The molecular formula is C22H25F3N2O4S. The molecule has 1 saturated heterocycles. The van der Waals surface area contributed by atoms with Crippen LogP contribution in [0.5, 0.6) is 0 Å². The van der Waals surface area contributed by atoms with E-state index in [-0.39, 0.29) is 35.6 Å². The summed E-state index contributed by atoms with van der Waals surface area (Å²) in [7, 11) is 0. The Bertz CT molecular complexity index is 1010. The largest absolute Gasteiger partial charge is 0.381 e. The van der Waals surface area contributed by atoms with E-state index >= 15 is 4.39 Å². The highest BCUT2D eigenvalue weighted by Gasteiger charge is 2.41. The maximum atomic E-state index is 15.4. The van der Waals surface area contributed by atoms with Crippen molar-refractivity contribution >= 4 is 17.2 Å². The molecule has 0 aromatic heterocycles. The van der Waals surface area contributed by atoms with Gasteiger partial charge in [-0.15, -0.1) is 0 Å². The average molecular weight is 471 g/mol. The van der Waals surface area contributed by atoms with E-state index in [9.17, 15) is 22.9 Å². The molecule has 10 heteroatoms. The van der Waals surface area contributed by atoms with Gasteiger partial charge in [0.05, 0.1) is 0 Å². The summed E-state index contributed by atoms with van der Waals surface area (Å²) in [4.78, 5) is 14.2. The van der Waals surface area contributed by atoms with Crippen molar-refractivity contribution in [3.63, 3.8) is 0 Å². The third kappa shape index (κ3) is 5.55. The van der Waals surface area contributed by atoms with Gasteiger partial charge in [0.1, 0.15) is 23.1 Å². The standard InChI is InChI=1S/C22H25F3N2O4S/c1-22(2,29)21(28)27-7-6-14(12-26-32(30)31)19(27)10-13-4-3-5-18(20(13)25)15-8-16(23)11-17(24)9-15/h3-5,8-9,11,14,19,26,29H,6-7,10,12H2,1-2H3,(H,30,31)/t14-,19-/m0/s1. The summed E-state index contributed by atoms with van der Waals surface area (Å²) in [6.45, 7) is 3.13. The lowest BCUT2D eigenvalue weighted by atomic mass is 9.91. The smallest absolute Gasteiger partial charge is 0.254 e. The Morgan fingerprint density at radius 2 is 1.88 bits per heavy atom. The summed E-state index contributed by atoms with van der Waals surface area (Å²) in [6, 6.07) is 6.71. The van der Waals surface area contributed by atoms with E-state index in [0.29, 0.717) is 19.0 Å². The minimum absolute atomic E-state index is 0.0189. The molecule has 0 bridgehead atoms. The maximum Gasteiger partial charge on any atom is 0.254 e. The van der Waals surface area contributed by atoms with Crippen LogP contribution in [0.15, 0.2) is 36.4 Å². The van der Waals surface area contributed by atoms with E-state index in [1.165, 1.54) is 30.9 Å². The van der Waals surface area contributed by atoms with Gasteiger partial charge >= 0.3 is 0 Å². The normalized spacial score (nSPS) is 19.9. The average Bonchev–Trinajstić information content (AvgIpc) is 3.08. The number of benzene rings is 2. The van der Waals surface area contributed by atoms with Crippen molar-refractivity contribution in [2.75, 3.05) is 13.1 Å². The molecule has 0 aliphatic carbocycles. The van der Waals surface area contributed by atoms with E-state index in [2.05, 4.69) is 4.72 Å². The van der Waals surface area contributed by atoms with Crippen molar-refractivity contribution in [1.82, 2.24) is 9.62 Å². The quantitative estimate of drug-likeness (QED) is 0.543. The highest BCUT2D eigenvalue weighted by molar-refractivity contribution is 7.77. The van der Waals surface area contributed by atoms with Crippen molar-refractivity contribution < 1.29 is 31.8 Å². The number of rotatable bonds is 7. The third-order valence-corrected chi connectivity index (χ3v) is 6.03. The minimum atomic E-state index is -2.25. The molecule has 6 nitrogen and oxygen atoms in total. The Morgan fingerprint density at radius 1 is 1.22 bits per heavy atom. The van der Waals surface area contributed by atoms with Crippen molar-refractivity contribution in [3.8, 4) is 11.1 Å². The van der Waals surface area contributed by atoms with Gasteiger partial charge in [0.25, 0.3) is 5.91 Å². The van der Waals surface area contributed by atoms with Crippen LogP contribution in [0.25, 0.3) is 11.1 Å². The topological polar surface area (TPSA) is 89.9 Å². The molecule has 0 spiro atoms. The lowest BCUT2D eigenvalue weighted by Gasteiger charge is -2.32. The van der Waals surface area contributed by atoms with Crippen LogP contribution in [0.3, 0.4) is 0 Å². The third-order valence-electron chi connectivity index (χ3n) is 5.62. The van der Waals surface area contributed by atoms with Gasteiger partial charge in [-0.25, -0.2) is 22.1 Å². The minimum Gasteiger partial charge on any atom is -0.381 e. The highest BCUT2D eigenvalue weighted by atomic mass is 32.2. The first kappa shape index (κ1) is 24.4. The van der Waals surface area contributed by atoms with Crippen molar-refractivity contribution in [3.05, 3.63) is 59.4 Å². The molecule has 1 aliphatic heterocycles. The zero-order valence-corrected chi connectivity index (χ0v) is 18.5. The molecule has 3 N–H and O–H groups in total. The fourth-order valence-electron chi connectivity index (χ4n) is 4.11. The summed E-state index contributed by atoms with van der Waals surface area (Å²) in [5.41, 5.74) is -1.35.